The predicted molar refractivity (Wildman–Crippen MR) is 15.8 cm³/mol. The molecular formula is BKO3S. The zero-order valence-corrected chi connectivity index (χ0v) is 7.15. The molecule has 0 amide bonds. The van der Waals surface area contributed by atoms with Crippen molar-refractivity contribution < 1.29 is 64.2 Å². The zero-order chi connectivity index (χ0) is 4.28. The Morgan fingerprint density at radius 2 is 2.00 bits per heavy atom. The van der Waals surface area contributed by atoms with E-state index >= 15 is 0 Å². The van der Waals surface area contributed by atoms with E-state index in [0.29, 0.717) is 0 Å². The molecule has 0 aliphatic carbocycles. The number of hydrogen-bond donors (Lipinski definition) is 0. The summed E-state index contributed by atoms with van der Waals surface area (Å²) in [7, 11) is 4.06. The first-order chi connectivity index (χ1) is 2.27. The average Bonchev–Trinajstić information content (AvgIpc) is 1.38. The second-order valence-corrected chi connectivity index (χ2v) is 0.901. The van der Waals surface area contributed by atoms with Crippen LogP contribution in [0.5, 0.6) is 0 Å². The molecule has 0 saturated heterocycles. The van der Waals surface area contributed by atoms with Gasteiger partial charge in [0.25, 0.3) is 0 Å². The Hall–Kier alpha value is 1.77. The molecule has 6 heavy (non-hydrogen) atoms. The molecule has 0 bridgehead atoms. The second kappa shape index (κ2) is 6.77. The molecule has 3 nitrogen and oxygen atoms in total. The molecule has 0 aromatic heterocycles. The maximum Gasteiger partial charge on any atom is 1.00 e. The molecule has 0 aliphatic rings. The standard InChI is InChI=1S/BHO3S.K/c1-4-5(2)3;/h(H,2,3);/q;+1/p-1. The Bertz CT molecular complexity index is 46.1. The molecule has 0 aromatic carbocycles. The van der Waals surface area contributed by atoms with Gasteiger partial charge in [0.15, 0.2) is 0 Å². The van der Waals surface area contributed by atoms with Gasteiger partial charge in [0, 0.05) is 0 Å². The minimum Gasteiger partial charge on any atom is -0.751 e. The summed E-state index contributed by atoms with van der Waals surface area (Å²) in [5, 5.41) is 0. The van der Waals surface area contributed by atoms with E-state index in [1.54, 1.807) is 0 Å². The van der Waals surface area contributed by atoms with Crippen molar-refractivity contribution in [1.29, 1.82) is 0 Å². The smallest absolute Gasteiger partial charge is 0.751 e. The fraction of sp³-hybridized carbons (Fsp3) is 0. The van der Waals surface area contributed by atoms with Crippen molar-refractivity contribution in [2.75, 3.05) is 0 Å². The zero-order valence-electron chi connectivity index (χ0n) is 3.21. The monoisotopic (exact) mass is 130 g/mol. The van der Waals surface area contributed by atoms with E-state index in [1.807, 2.05) is 0 Å². The predicted octanol–water partition coefficient (Wildman–Crippen LogP) is -4.12. The van der Waals surface area contributed by atoms with E-state index in [9.17, 15) is 0 Å². The summed E-state index contributed by atoms with van der Waals surface area (Å²) in [6.07, 6.45) is 0. The molecule has 2 radical (unpaired) electrons. The van der Waals surface area contributed by atoms with Crippen LogP contribution in [0.15, 0.2) is 0 Å². The van der Waals surface area contributed by atoms with Gasteiger partial charge in [-0.2, -0.15) is 0 Å². The molecule has 0 rings (SSSR count). The maximum atomic E-state index is 9.02. The SMILES string of the molecule is [B]OS(=O)[O-].[K+]. The van der Waals surface area contributed by atoms with Crippen LogP contribution in [0.1, 0.15) is 0 Å². The Morgan fingerprint density at radius 1 is 1.83 bits per heavy atom. The van der Waals surface area contributed by atoms with Gasteiger partial charge in [-0.15, -0.1) is 0 Å². The Labute approximate surface area is 82.2 Å². The second-order valence-electron chi connectivity index (χ2n) is 0.300. The molecule has 0 aliphatic heterocycles. The first-order valence-electron chi connectivity index (χ1n) is 0.736. The minimum atomic E-state index is -2.54. The van der Waals surface area contributed by atoms with Gasteiger partial charge >= 0.3 is 59.4 Å². The van der Waals surface area contributed by atoms with Crippen LogP contribution < -0.4 is 51.4 Å². The van der Waals surface area contributed by atoms with Crippen molar-refractivity contribution in [2.24, 2.45) is 0 Å². The van der Waals surface area contributed by atoms with Crippen LogP contribution in [-0.2, 0) is 15.5 Å². The van der Waals surface area contributed by atoms with Crippen molar-refractivity contribution in [2.45, 2.75) is 0 Å². The fourth-order valence-electron chi connectivity index (χ4n) is 0. The molecular weight excluding hydrogens is 130 g/mol. The molecule has 0 spiro atoms. The largest absolute Gasteiger partial charge is 1.00 e. The Kier molecular flexibility index (Phi) is 12.1. The van der Waals surface area contributed by atoms with Crippen molar-refractivity contribution in [1.82, 2.24) is 0 Å². The van der Waals surface area contributed by atoms with Gasteiger partial charge < -0.3 is 8.65 Å². The van der Waals surface area contributed by atoms with Gasteiger partial charge in [-0.3, -0.25) is 0 Å². The van der Waals surface area contributed by atoms with Crippen molar-refractivity contribution in [3.8, 4) is 0 Å². The van der Waals surface area contributed by atoms with Gasteiger partial charge in [-0.05, 0) is 0 Å². The summed E-state index contributed by atoms with van der Waals surface area (Å²) < 4.78 is 21.2. The third-order valence-corrected chi connectivity index (χ3v) is 0.236. The topological polar surface area (TPSA) is 49.4 Å². The van der Waals surface area contributed by atoms with Crippen LogP contribution >= 0.6 is 0 Å². The normalized spacial score (nSPS) is 12.2. The summed E-state index contributed by atoms with van der Waals surface area (Å²) in [5.41, 5.74) is 0. The van der Waals surface area contributed by atoms with Crippen LogP contribution in [0, 0.1) is 0 Å². The van der Waals surface area contributed by atoms with E-state index in [4.69, 9.17) is 8.76 Å². The molecule has 0 saturated carbocycles. The molecule has 0 N–H and O–H groups in total. The van der Waals surface area contributed by atoms with Gasteiger partial charge in [0.2, 0.25) is 0 Å². The molecule has 1 atom stereocenters. The molecule has 28 valence electrons. The van der Waals surface area contributed by atoms with Crippen molar-refractivity contribution >= 4 is 19.4 Å². The van der Waals surface area contributed by atoms with E-state index in [0.717, 1.165) is 0 Å². The fourth-order valence-corrected chi connectivity index (χ4v) is 0. The average molecular weight is 130 g/mol. The third-order valence-electron chi connectivity index (χ3n) is 0.0786. The van der Waals surface area contributed by atoms with E-state index in [2.05, 4.69) is 12.1 Å². The van der Waals surface area contributed by atoms with E-state index in [1.165, 1.54) is 0 Å². The molecule has 0 aromatic rings. The van der Waals surface area contributed by atoms with Crippen molar-refractivity contribution in [3.05, 3.63) is 0 Å². The summed E-state index contributed by atoms with van der Waals surface area (Å²) in [6, 6.07) is 0. The Morgan fingerprint density at radius 3 is 2.00 bits per heavy atom. The summed E-state index contributed by atoms with van der Waals surface area (Å²) in [6.45, 7) is 0. The summed E-state index contributed by atoms with van der Waals surface area (Å²) in [5.74, 6) is 0. The maximum absolute atomic E-state index is 9.02. The van der Waals surface area contributed by atoms with Gasteiger partial charge in [-0.25, -0.2) is 4.21 Å². The van der Waals surface area contributed by atoms with Crippen LogP contribution in [0.3, 0.4) is 0 Å². The van der Waals surface area contributed by atoms with Crippen LogP contribution in [0.25, 0.3) is 0 Å². The first kappa shape index (κ1) is 10.7. The van der Waals surface area contributed by atoms with Crippen LogP contribution in [-0.4, -0.2) is 16.8 Å². The summed E-state index contributed by atoms with van der Waals surface area (Å²) >= 11 is -2.54. The Balaban J connectivity index is 0. The molecule has 6 heteroatoms. The van der Waals surface area contributed by atoms with Gasteiger partial charge in [0.1, 0.15) is 0 Å². The number of hydrogen-bond acceptors (Lipinski definition) is 3. The summed E-state index contributed by atoms with van der Waals surface area (Å²) in [4.78, 5) is 0. The molecule has 0 heterocycles. The van der Waals surface area contributed by atoms with Crippen LogP contribution in [0.2, 0.25) is 0 Å². The van der Waals surface area contributed by atoms with Crippen molar-refractivity contribution in [3.63, 3.8) is 0 Å². The first-order valence-corrected chi connectivity index (χ1v) is 1.74. The quantitative estimate of drug-likeness (QED) is 0.267. The van der Waals surface area contributed by atoms with E-state index < -0.39 is 11.4 Å². The molecule has 0 fully saturated rings. The molecule has 1 unspecified atom stereocenters. The third kappa shape index (κ3) is 9.24. The van der Waals surface area contributed by atoms with Gasteiger partial charge in [0.05, 0.1) is 11.4 Å². The minimum absolute atomic E-state index is 0. The van der Waals surface area contributed by atoms with E-state index in [-0.39, 0.29) is 51.4 Å². The van der Waals surface area contributed by atoms with Crippen LogP contribution in [0.4, 0.5) is 0 Å². The van der Waals surface area contributed by atoms with Gasteiger partial charge in [-0.1, -0.05) is 0 Å². The number of rotatable bonds is 1.